The third-order valence-electron chi connectivity index (χ3n) is 1.62. The van der Waals surface area contributed by atoms with Gasteiger partial charge in [0.1, 0.15) is 0 Å². The van der Waals surface area contributed by atoms with Crippen LogP contribution in [0.15, 0.2) is 12.7 Å². The SMILES string of the molecule is C=CC(=O)N(C)[C@@H](CC(=O)[O-])C(=O)[O-].[Li+].[Li+]. The van der Waals surface area contributed by atoms with Crippen molar-refractivity contribution in [1.82, 2.24) is 4.90 Å². The van der Waals surface area contributed by atoms with Crippen molar-refractivity contribution in [3.63, 3.8) is 0 Å². The van der Waals surface area contributed by atoms with E-state index in [0.29, 0.717) is 0 Å². The van der Waals surface area contributed by atoms with Gasteiger partial charge in [0.25, 0.3) is 0 Å². The molecular weight excluding hydrogens is 204 g/mol. The van der Waals surface area contributed by atoms with Gasteiger partial charge in [-0.05, 0) is 6.08 Å². The van der Waals surface area contributed by atoms with Crippen molar-refractivity contribution in [2.75, 3.05) is 7.05 Å². The smallest absolute Gasteiger partial charge is 0.550 e. The van der Waals surface area contributed by atoms with E-state index in [-0.39, 0.29) is 37.7 Å². The summed E-state index contributed by atoms with van der Waals surface area (Å²) in [7, 11) is 1.15. The Hall–Kier alpha value is -0.655. The Labute approximate surface area is 117 Å². The van der Waals surface area contributed by atoms with E-state index < -0.39 is 30.3 Å². The quantitative estimate of drug-likeness (QED) is 0.333. The molecule has 0 aliphatic rings. The number of carboxylic acids is 2. The number of nitrogens with zero attached hydrogens (tertiary/aromatic N) is 1. The van der Waals surface area contributed by atoms with E-state index in [0.717, 1.165) is 18.0 Å². The van der Waals surface area contributed by atoms with Crippen LogP contribution in [0.2, 0.25) is 0 Å². The van der Waals surface area contributed by atoms with Gasteiger partial charge in [0.05, 0.1) is 12.0 Å². The Kier molecular flexibility index (Phi) is 12.4. The molecule has 0 spiro atoms. The molecule has 0 fully saturated rings. The summed E-state index contributed by atoms with van der Waals surface area (Å²) >= 11 is 0. The average Bonchev–Trinajstić information content (AvgIpc) is 2.11. The fourth-order valence-electron chi connectivity index (χ4n) is 0.834. The Balaban J connectivity index is -0.000000845. The maximum atomic E-state index is 10.9. The fraction of sp³-hybridized carbons (Fsp3) is 0.375. The van der Waals surface area contributed by atoms with Crippen LogP contribution in [0.5, 0.6) is 0 Å². The van der Waals surface area contributed by atoms with Crippen molar-refractivity contribution in [1.29, 1.82) is 0 Å². The molecule has 8 heteroatoms. The second-order valence-electron chi connectivity index (χ2n) is 2.56. The number of hydrogen-bond acceptors (Lipinski definition) is 5. The molecule has 0 aliphatic carbocycles. The molecule has 0 saturated carbocycles. The first-order valence-electron chi connectivity index (χ1n) is 3.70. The van der Waals surface area contributed by atoms with Crippen LogP contribution >= 0.6 is 0 Å². The van der Waals surface area contributed by atoms with E-state index in [1.807, 2.05) is 0 Å². The number of aliphatic carboxylic acids is 2. The summed E-state index contributed by atoms with van der Waals surface area (Å²) in [5.74, 6) is -3.91. The molecule has 0 heterocycles. The third-order valence-corrected chi connectivity index (χ3v) is 1.62. The normalized spacial score (nSPS) is 10.1. The molecule has 1 amide bonds. The Morgan fingerprint density at radius 3 is 2.00 bits per heavy atom. The van der Waals surface area contributed by atoms with Crippen molar-refractivity contribution >= 4 is 17.8 Å². The number of carboxylic acid groups (broad SMARTS) is 2. The average molecular weight is 213 g/mol. The number of amides is 1. The van der Waals surface area contributed by atoms with Crippen LogP contribution in [-0.2, 0) is 14.4 Å². The van der Waals surface area contributed by atoms with Crippen molar-refractivity contribution in [3.8, 4) is 0 Å². The first kappa shape index (κ1) is 20.7. The molecule has 0 N–H and O–H groups in total. The maximum Gasteiger partial charge on any atom is 1.00 e. The number of carbonyl (C=O) groups excluding carboxylic acids is 3. The zero-order valence-corrected chi connectivity index (χ0v) is 9.56. The topological polar surface area (TPSA) is 101 Å². The van der Waals surface area contributed by atoms with Crippen LogP contribution in [0.1, 0.15) is 6.42 Å². The number of hydrogen-bond donors (Lipinski definition) is 0. The predicted octanol–water partition coefficient (Wildman–Crippen LogP) is -9.10. The van der Waals surface area contributed by atoms with Gasteiger partial charge in [0.2, 0.25) is 5.91 Å². The van der Waals surface area contributed by atoms with Crippen LogP contribution in [0.4, 0.5) is 0 Å². The van der Waals surface area contributed by atoms with Gasteiger partial charge in [-0.2, -0.15) is 0 Å². The standard InChI is InChI=1S/C8H11NO5.2Li/c1-3-6(10)9(2)5(8(13)14)4-7(11)12;;/h3,5H,1,4H2,2H3,(H,11,12)(H,13,14);;/q;2*+1/p-2/t5-;;/m0../s1. The Morgan fingerprint density at radius 2 is 1.75 bits per heavy atom. The summed E-state index contributed by atoms with van der Waals surface area (Å²) in [6, 6.07) is -1.54. The molecule has 0 rings (SSSR count). The van der Waals surface area contributed by atoms with Gasteiger partial charge in [-0.25, -0.2) is 0 Å². The van der Waals surface area contributed by atoms with Gasteiger partial charge >= 0.3 is 37.7 Å². The summed E-state index contributed by atoms with van der Waals surface area (Å²) in [5.41, 5.74) is 0. The van der Waals surface area contributed by atoms with Crippen LogP contribution in [0, 0.1) is 0 Å². The zero-order chi connectivity index (χ0) is 11.3. The van der Waals surface area contributed by atoms with Gasteiger partial charge in [-0.3, -0.25) is 4.79 Å². The minimum Gasteiger partial charge on any atom is -0.550 e. The van der Waals surface area contributed by atoms with Gasteiger partial charge in [-0.1, -0.05) is 6.58 Å². The molecule has 0 unspecified atom stereocenters. The first-order valence-corrected chi connectivity index (χ1v) is 3.70. The van der Waals surface area contributed by atoms with E-state index in [1.165, 1.54) is 0 Å². The predicted molar refractivity (Wildman–Crippen MR) is 41.4 cm³/mol. The number of rotatable bonds is 5. The fourth-order valence-corrected chi connectivity index (χ4v) is 0.834. The van der Waals surface area contributed by atoms with Crippen molar-refractivity contribution in [3.05, 3.63) is 12.7 Å². The second kappa shape index (κ2) is 9.56. The molecular formula is C8H9Li2NO5. The van der Waals surface area contributed by atoms with E-state index in [1.54, 1.807) is 0 Å². The molecule has 6 nitrogen and oxygen atoms in total. The summed E-state index contributed by atoms with van der Waals surface area (Å²) < 4.78 is 0. The summed E-state index contributed by atoms with van der Waals surface area (Å²) in [6.45, 7) is 3.13. The van der Waals surface area contributed by atoms with E-state index >= 15 is 0 Å². The largest absolute Gasteiger partial charge is 1.00 e. The molecule has 78 valence electrons. The van der Waals surface area contributed by atoms with E-state index in [9.17, 15) is 24.6 Å². The summed E-state index contributed by atoms with van der Waals surface area (Å²) in [6.07, 6.45) is 0.0730. The van der Waals surface area contributed by atoms with Crippen LogP contribution < -0.4 is 47.9 Å². The van der Waals surface area contributed by atoms with Crippen LogP contribution in [-0.4, -0.2) is 35.8 Å². The minimum atomic E-state index is -1.65. The monoisotopic (exact) mass is 213 g/mol. The summed E-state index contributed by atoms with van der Waals surface area (Å²) in [5, 5.41) is 20.6. The molecule has 16 heavy (non-hydrogen) atoms. The van der Waals surface area contributed by atoms with Crippen LogP contribution in [0.25, 0.3) is 0 Å². The number of carbonyl (C=O) groups is 3. The van der Waals surface area contributed by atoms with Gasteiger partial charge in [0, 0.05) is 19.4 Å². The van der Waals surface area contributed by atoms with E-state index in [4.69, 9.17) is 0 Å². The van der Waals surface area contributed by atoms with Gasteiger partial charge < -0.3 is 24.7 Å². The maximum absolute atomic E-state index is 10.9. The van der Waals surface area contributed by atoms with Gasteiger partial charge in [0.15, 0.2) is 0 Å². The molecule has 0 aromatic rings. The van der Waals surface area contributed by atoms with E-state index in [2.05, 4.69) is 6.58 Å². The summed E-state index contributed by atoms with van der Waals surface area (Å²) in [4.78, 5) is 32.3. The zero-order valence-electron chi connectivity index (χ0n) is 9.56. The Bertz CT molecular complexity index is 282. The molecule has 1 atom stereocenters. The molecule has 0 aromatic heterocycles. The molecule has 0 aliphatic heterocycles. The van der Waals surface area contributed by atoms with Crippen molar-refractivity contribution < 1.29 is 62.3 Å². The first-order chi connectivity index (χ1) is 6.40. The Morgan fingerprint density at radius 1 is 1.31 bits per heavy atom. The van der Waals surface area contributed by atoms with Gasteiger partial charge in [-0.15, -0.1) is 0 Å². The molecule has 0 bridgehead atoms. The molecule has 0 radical (unpaired) electrons. The molecule has 0 aromatic carbocycles. The number of likely N-dealkylation sites (N-methyl/N-ethyl adjacent to an activating group) is 1. The van der Waals surface area contributed by atoms with Crippen molar-refractivity contribution in [2.45, 2.75) is 12.5 Å². The second-order valence-corrected chi connectivity index (χ2v) is 2.56. The third kappa shape index (κ3) is 6.76. The minimum absolute atomic E-state index is 0. The van der Waals surface area contributed by atoms with Crippen molar-refractivity contribution in [2.24, 2.45) is 0 Å². The van der Waals surface area contributed by atoms with Crippen LogP contribution in [0.3, 0.4) is 0 Å². The molecule has 0 saturated heterocycles.